The second-order valence-corrected chi connectivity index (χ2v) is 9.05. The molecular formula is C25H25NO4S. The Morgan fingerprint density at radius 2 is 1.61 bits per heavy atom. The Hall–Kier alpha value is -3.09. The van der Waals surface area contributed by atoms with Gasteiger partial charge in [-0.1, -0.05) is 43.7 Å². The molecule has 5 nitrogen and oxygen atoms in total. The SMILES string of the molecule is CCCCOc1ccc(C2=C(c3ccc(S(N)(=O)=O)cc3)Oc3ccccc3C2)cc1. The highest BCUT2D eigenvalue weighted by atomic mass is 32.2. The van der Waals surface area contributed by atoms with E-state index in [2.05, 4.69) is 13.0 Å². The highest BCUT2D eigenvalue weighted by molar-refractivity contribution is 7.89. The fourth-order valence-corrected chi connectivity index (χ4v) is 4.06. The molecule has 0 bridgehead atoms. The zero-order valence-electron chi connectivity index (χ0n) is 17.4. The van der Waals surface area contributed by atoms with Crippen LogP contribution in [0.1, 0.15) is 36.5 Å². The van der Waals surface area contributed by atoms with Gasteiger partial charge >= 0.3 is 0 Å². The van der Waals surface area contributed by atoms with Crippen LogP contribution in [0.5, 0.6) is 11.5 Å². The van der Waals surface area contributed by atoms with Crippen LogP contribution in [-0.2, 0) is 16.4 Å². The molecule has 0 unspecified atom stereocenters. The van der Waals surface area contributed by atoms with Gasteiger partial charge in [0.25, 0.3) is 0 Å². The van der Waals surface area contributed by atoms with Crippen LogP contribution in [0.3, 0.4) is 0 Å². The molecule has 0 fully saturated rings. The van der Waals surface area contributed by atoms with Crippen molar-refractivity contribution < 1.29 is 17.9 Å². The number of hydrogen-bond acceptors (Lipinski definition) is 4. The van der Waals surface area contributed by atoms with Crippen molar-refractivity contribution in [2.45, 2.75) is 31.1 Å². The van der Waals surface area contributed by atoms with Gasteiger partial charge < -0.3 is 9.47 Å². The van der Waals surface area contributed by atoms with Crippen molar-refractivity contribution in [2.24, 2.45) is 5.14 Å². The van der Waals surface area contributed by atoms with Crippen LogP contribution >= 0.6 is 0 Å². The van der Waals surface area contributed by atoms with Crippen molar-refractivity contribution in [3.05, 3.63) is 89.5 Å². The van der Waals surface area contributed by atoms with Gasteiger partial charge in [-0.05, 0) is 60.0 Å². The third-order valence-electron chi connectivity index (χ3n) is 5.24. The van der Waals surface area contributed by atoms with Crippen LogP contribution in [0.25, 0.3) is 11.3 Å². The Kier molecular flexibility index (Phi) is 6.11. The number of rotatable bonds is 7. The van der Waals surface area contributed by atoms with Crippen LogP contribution in [-0.4, -0.2) is 15.0 Å². The molecule has 0 aliphatic carbocycles. The number of allylic oxidation sites excluding steroid dienone is 1. The molecule has 0 saturated heterocycles. The van der Waals surface area contributed by atoms with Gasteiger partial charge in [0.2, 0.25) is 10.0 Å². The molecule has 1 heterocycles. The summed E-state index contributed by atoms with van der Waals surface area (Å²) in [4.78, 5) is 0.0724. The Bertz CT molecular complexity index is 1200. The van der Waals surface area contributed by atoms with Crippen LogP contribution in [0.2, 0.25) is 0 Å². The summed E-state index contributed by atoms with van der Waals surface area (Å²) in [6.45, 7) is 2.84. The minimum absolute atomic E-state index is 0.0724. The maximum absolute atomic E-state index is 11.6. The highest BCUT2D eigenvalue weighted by Crippen LogP contribution is 2.39. The van der Waals surface area contributed by atoms with E-state index >= 15 is 0 Å². The number of sulfonamides is 1. The predicted octanol–water partition coefficient (Wildman–Crippen LogP) is 5.02. The van der Waals surface area contributed by atoms with Gasteiger partial charge in [-0.2, -0.15) is 0 Å². The quantitative estimate of drug-likeness (QED) is 0.529. The van der Waals surface area contributed by atoms with Crippen LogP contribution in [0, 0.1) is 0 Å². The first kappa shape index (κ1) is 21.2. The summed E-state index contributed by atoms with van der Waals surface area (Å²) in [5.41, 5.74) is 3.95. The highest BCUT2D eigenvalue weighted by Gasteiger charge is 2.22. The Labute approximate surface area is 183 Å². The van der Waals surface area contributed by atoms with E-state index in [1.165, 1.54) is 12.1 Å². The van der Waals surface area contributed by atoms with E-state index in [0.717, 1.165) is 46.6 Å². The molecule has 0 saturated carbocycles. The van der Waals surface area contributed by atoms with Crippen LogP contribution in [0.15, 0.2) is 77.7 Å². The third kappa shape index (κ3) is 4.81. The number of para-hydroxylation sites is 1. The van der Waals surface area contributed by atoms with Gasteiger partial charge in [0.05, 0.1) is 11.5 Å². The van der Waals surface area contributed by atoms with Crippen molar-refractivity contribution >= 4 is 21.4 Å². The lowest BCUT2D eigenvalue weighted by atomic mass is 9.92. The van der Waals surface area contributed by atoms with E-state index in [9.17, 15) is 8.42 Å². The summed E-state index contributed by atoms with van der Waals surface area (Å²) in [6, 6.07) is 22.4. The standard InChI is InChI=1S/C25H25NO4S/c1-2-3-16-29-21-12-8-18(9-13-21)23-17-20-6-4-5-7-24(20)30-25(23)19-10-14-22(15-11-19)31(26,27)28/h4-15H,2-3,16-17H2,1H3,(H2,26,27,28). The van der Waals surface area contributed by atoms with Crippen LogP contribution in [0.4, 0.5) is 0 Å². The lowest BCUT2D eigenvalue weighted by Gasteiger charge is -2.24. The summed E-state index contributed by atoms with van der Waals surface area (Å²) in [5, 5.41) is 5.24. The van der Waals surface area contributed by atoms with E-state index in [1.807, 2.05) is 42.5 Å². The number of ether oxygens (including phenoxy) is 2. The maximum Gasteiger partial charge on any atom is 0.238 e. The first-order chi connectivity index (χ1) is 15.0. The third-order valence-corrected chi connectivity index (χ3v) is 6.17. The van der Waals surface area contributed by atoms with Gasteiger partial charge in [0, 0.05) is 17.6 Å². The predicted molar refractivity (Wildman–Crippen MR) is 122 cm³/mol. The first-order valence-corrected chi connectivity index (χ1v) is 11.9. The summed E-state index contributed by atoms with van der Waals surface area (Å²) in [6.07, 6.45) is 2.82. The zero-order valence-corrected chi connectivity index (χ0v) is 18.2. The minimum atomic E-state index is -3.75. The average Bonchev–Trinajstić information content (AvgIpc) is 2.78. The van der Waals surface area contributed by atoms with Crippen molar-refractivity contribution in [1.29, 1.82) is 0 Å². The van der Waals surface area contributed by atoms with E-state index < -0.39 is 10.0 Å². The average molecular weight is 436 g/mol. The molecule has 2 N–H and O–H groups in total. The number of nitrogens with two attached hydrogens (primary N) is 1. The Morgan fingerprint density at radius 3 is 2.29 bits per heavy atom. The molecule has 3 aromatic rings. The van der Waals surface area contributed by atoms with Gasteiger partial charge in [-0.15, -0.1) is 0 Å². The number of fused-ring (bicyclic) bond motifs is 1. The lowest BCUT2D eigenvalue weighted by molar-refractivity contribution is 0.309. The zero-order chi connectivity index (χ0) is 21.8. The van der Waals surface area contributed by atoms with Gasteiger partial charge in [-0.3, -0.25) is 0 Å². The number of primary sulfonamides is 1. The molecule has 31 heavy (non-hydrogen) atoms. The van der Waals surface area contributed by atoms with Gasteiger partial charge in [0.15, 0.2) is 0 Å². The second kappa shape index (κ2) is 8.96. The molecule has 6 heteroatoms. The van der Waals surface area contributed by atoms with Crippen molar-refractivity contribution in [3.8, 4) is 11.5 Å². The minimum Gasteiger partial charge on any atom is -0.494 e. The molecule has 1 aliphatic heterocycles. The smallest absolute Gasteiger partial charge is 0.238 e. The number of hydrogen-bond donors (Lipinski definition) is 1. The van der Waals surface area contributed by atoms with Gasteiger partial charge in [-0.25, -0.2) is 13.6 Å². The Morgan fingerprint density at radius 1 is 0.935 bits per heavy atom. The lowest BCUT2D eigenvalue weighted by Crippen LogP contribution is -2.12. The summed E-state index contributed by atoms with van der Waals surface area (Å²) in [5.74, 6) is 2.35. The first-order valence-electron chi connectivity index (χ1n) is 10.3. The molecule has 3 aromatic carbocycles. The molecular weight excluding hydrogens is 410 g/mol. The van der Waals surface area contributed by atoms with Crippen molar-refractivity contribution in [3.63, 3.8) is 0 Å². The largest absolute Gasteiger partial charge is 0.494 e. The molecule has 4 rings (SSSR count). The molecule has 0 radical (unpaired) electrons. The number of benzene rings is 3. The second-order valence-electron chi connectivity index (χ2n) is 7.49. The molecule has 0 spiro atoms. The van der Waals surface area contributed by atoms with E-state index in [1.54, 1.807) is 12.1 Å². The van der Waals surface area contributed by atoms with E-state index in [-0.39, 0.29) is 4.90 Å². The molecule has 0 aromatic heterocycles. The van der Waals surface area contributed by atoms with E-state index in [0.29, 0.717) is 18.8 Å². The molecule has 160 valence electrons. The molecule has 0 atom stereocenters. The van der Waals surface area contributed by atoms with Crippen molar-refractivity contribution in [2.75, 3.05) is 6.61 Å². The van der Waals surface area contributed by atoms with Crippen molar-refractivity contribution in [1.82, 2.24) is 0 Å². The van der Waals surface area contributed by atoms with Crippen LogP contribution < -0.4 is 14.6 Å². The number of unbranched alkanes of at least 4 members (excludes halogenated alkanes) is 1. The monoisotopic (exact) mass is 435 g/mol. The normalized spacial score (nSPS) is 13.5. The fourth-order valence-electron chi connectivity index (χ4n) is 3.54. The van der Waals surface area contributed by atoms with E-state index in [4.69, 9.17) is 14.6 Å². The summed E-state index contributed by atoms with van der Waals surface area (Å²) >= 11 is 0. The summed E-state index contributed by atoms with van der Waals surface area (Å²) < 4.78 is 35.3. The fraction of sp³-hybridized carbons (Fsp3) is 0.200. The Balaban J connectivity index is 1.72. The topological polar surface area (TPSA) is 78.6 Å². The molecule has 0 amide bonds. The van der Waals surface area contributed by atoms with Gasteiger partial charge in [0.1, 0.15) is 17.3 Å². The molecule has 1 aliphatic rings. The maximum atomic E-state index is 11.6. The summed E-state index contributed by atoms with van der Waals surface area (Å²) in [7, 11) is -3.75.